The quantitative estimate of drug-likeness (QED) is 0.340. The number of hydrogen-bond donors (Lipinski definition) is 2. The smallest absolute Gasteiger partial charge is 0.273 e. The molecule has 5 heteroatoms. The van der Waals surface area contributed by atoms with Crippen LogP contribution in [0, 0.1) is 0 Å². The zero-order valence-corrected chi connectivity index (χ0v) is 16.5. The zero-order valence-electron chi connectivity index (χ0n) is 15.6. The molecule has 0 aromatic heterocycles. The summed E-state index contributed by atoms with van der Waals surface area (Å²) in [7, 11) is 4.36. The summed E-state index contributed by atoms with van der Waals surface area (Å²) in [5, 5.41) is 17.5. The standard InChI is InChI=1S/C7H16NO2P.C5H12O.C5H8/c1-5-11(10)7(9)6-8(2,3)4;1-2-3-4-5-6;1-4-5(2)3/h5-6H2,1-4H3;6H,2-5H2,1H3;1H2,2-3H3/p+1. The Bertz CT molecular complexity index is 332. The molecule has 0 aliphatic rings. The molecule has 1 unspecified atom stereocenters. The maximum absolute atomic E-state index is 11.0. The van der Waals surface area contributed by atoms with Gasteiger partial charge in [0.1, 0.15) is 6.16 Å². The summed E-state index contributed by atoms with van der Waals surface area (Å²) in [5.41, 5.74) is 3.97. The van der Waals surface area contributed by atoms with Crippen molar-refractivity contribution in [2.24, 2.45) is 0 Å². The molecule has 0 radical (unpaired) electrons. The van der Waals surface area contributed by atoms with Crippen molar-refractivity contribution in [2.45, 2.75) is 47.0 Å². The van der Waals surface area contributed by atoms with E-state index < -0.39 is 7.77 Å². The lowest BCUT2D eigenvalue weighted by Crippen LogP contribution is -2.39. The van der Waals surface area contributed by atoms with E-state index >= 15 is 0 Å². The number of unbranched alkanes of at least 4 members (excludes halogenated alkanes) is 2. The van der Waals surface area contributed by atoms with E-state index in [0.717, 1.165) is 18.4 Å². The lowest BCUT2D eigenvalue weighted by Gasteiger charge is -2.21. The fraction of sp³-hybridized carbons (Fsp3) is 0.765. The van der Waals surface area contributed by atoms with Gasteiger partial charge in [-0.2, -0.15) is 0 Å². The summed E-state index contributed by atoms with van der Waals surface area (Å²) >= 11 is 0. The van der Waals surface area contributed by atoms with Crippen LogP contribution in [0.3, 0.4) is 0 Å². The first-order valence-corrected chi connectivity index (χ1v) is 9.24. The summed E-state index contributed by atoms with van der Waals surface area (Å²) in [4.78, 5) is 11.0. The Hall–Kier alpha value is -0.470. The highest BCUT2D eigenvalue weighted by molar-refractivity contribution is 7.51. The Balaban J connectivity index is -0.000000277. The van der Waals surface area contributed by atoms with Crippen LogP contribution in [0.2, 0.25) is 0 Å². The Morgan fingerprint density at radius 2 is 1.64 bits per heavy atom. The van der Waals surface area contributed by atoms with Crippen molar-refractivity contribution in [1.82, 2.24) is 0 Å². The predicted molar refractivity (Wildman–Crippen MR) is 97.9 cm³/mol. The monoisotopic (exact) mass is 334 g/mol. The number of aliphatic hydroxyl groups is 2. The predicted octanol–water partition coefficient (Wildman–Crippen LogP) is 2.88. The van der Waals surface area contributed by atoms with E-state index in [-0.39, 0.29) is 5.48 Å². The van der Waals surface area contributed by atoms with Gasteiger partial charge in [-0.1, -0.05) is 26.3 Å². The highest BCUT2D eigenvalue weighted by Gasteiger charge is 2.15. The topological polar surface area (TPSA) is 63.5 Å². The number of nitrogens with zero attached hydrogens (tertiary/aromatic N) is 1. The second-order valence-electron chi connectivity index (χ2n) is 6.17. The Morgan fingerprint density at radius 3 is 1.82 bits per heavy atom. The molecule has 22 heavy (non-hydrogen) atoms. The second kappa shape index (κ2) is 16.9. The highest BCUT2D eigenvalue weighted by atomic mass is 31.1. The first-order chi connectivity index (χ1) is 10.0. The molecule has 0 saturated heterocycles. The number of allylic oxidation sites excluding steroid dienone is 1. The third-order valence-corrected chi connectivity index (χ3v) is 3.60. The Labute approximate surface area is 138 Å². The van der Waals surface area contributed by atoms with E-state index in [0.29, 0.717) is 23.8 Å². The molecule has 1 atom stereocenters. The Morgan fingerprint density at radius 1 is 1.18 bits per heavy atom. The minimum atomic E-state index is -1.50. The van der Waals surface area contributed by atoms with E-state index in [1.165, 1.54) is 6.42 Å². The first-order valence-electron chi connectivity index (χ1n) is 7.79. The first kappa shape index (κ1) is 26.4. The van der Waals surface area contributed by atoms with Crippen LogP contribution in [0.25, 0.3) is 0 Å². The maximum atomic E-state index is 11.0. The molecular weight excluding hydrogens is 297 g/mol. The van der Waals surface area contributed by atoms with E-state index in [9.17, 15) is 10.00 Å². The van der Waals surface area contributed by atoms with Gasteiger partial charge in [-0.05, 0) is 32.8 Å². The van der Waals surface area contributed by atoms with Crippen LogP contribution >= 0.6 is 7.77 Å². The normalized spacial score (nSPS) is 11.2. The van der Waals surface area contributed by atoms with Crippen molar-refractivity contribution in [3.63, 3.8) is 0 Å². The van der Waals surface area contributed by atoms with Gasteiger partial charge in [-0.25, -0.2) is 0 Å². The van der Waals surface area contributed by atoms with Crippen LogP contribution in [0.4, 0.5) is 0 Å². The van der Waals surface area contributed by atoms with Gasteiger partial charge in [-0.15, -0.1) is 5.73 Å². The summed E-state index contributed by atoms with van der Waals surface area (Å²) in [5.74, 6) is 0. The molecule has 0 rings (SSSR count). The molecule has 0 heterocycles. The minimum Gasteiger partial charge on any atom is -0.629 e. The third-order valence-electron chi connectivity index (χ3n) is 2.31. The van der Waals surface area contributed by atoms with Crippen molar-refractivity contribution in [2.75, 3.05) is 40.5 Å². The number of quaternary nitrogens is 1. The van der Waals surface area contributed by atoms with Crippen molar-refractivity contribution >= 4 is 13.3 Å². The maximum Gasteiger partial charge on any atom is 0.273 e. The number of rotatable bonds is 6. The molecule has 4 nitrogen and oxygen atoms in total. The van der Waals surface area contributed by atoms with E-state index in [1.54, 1.807) is 0 Å². The van der Waals surface area contributed by atoms with Crippen LogP contribution in [0.1, 0.15) is 47.0 Å². The van der Waals surface area contributed by atoms with E-state index in [2.05, 4.69) is 19.2 Å². The van der Waals surface area contributed by atoms with Crippen LogP contribution in [0.15, 0.2) is 17.9 Å². The fourth-order valence-electron chi connectivity index (χ4n) is 1.05. The van der Waals surface area contributed by atoms with Crippen LogP contribution in [0.5, 0.6) is 0 Å². The van der Waals surface area contributed by atoms with Crippen molar-refractivity contribution in [3.05, 3.63) is 17.9 Å². The minimum absolute atomic E-state index is 0.134. The molecule has 0 aliphatic carbocycles. The van der Waals surface area contributed by atoms with E-state index in [1.807, 2.05) is 41.9 Å². The molecule has 0 aliphatic heterocycles. The Kier molecular flexibility index (Phi) is 20.3. The number of likely N-dealkylation sites (N-methyl/N-ethyl adjacent to an activating group) is 1. The van der Waals surface area contributed by atoms with Crippen molar-refractivity contribution in [3.8, 4) is 0 Å². The average molecular weight is 334 g/mol. The summed E-state index contributed by atoms with van der Waals surface area (Å²) in [6.45, 7) is 12.1. The largest absolute Gasteiger partial charge is 0.629 e. The van der Waals surface area contributed by atoms with Crippen molar-refractivity contribution in [1.29, 1.82) is 0 Å². The lowest BCUT2D eigenvalue weighted by molar-refractivity contribution is -0.861. The zero-order chi connectivity index (χ0) is 18.2. The van der Waals surface area contributed by atoms with Gasteiger partial charge in [0.15, 0.2) is 6.54 Å². The van der Waals surface area contributed by atoms with E-state index in [4.69, 9.17) is 5.11 Å². The summed E-state index contributed by atoms with van der Waals surface area (Å²) in [6, 6.07) is 0. The molecule has 2 N–H and O–H groups in total. The van der Waals surface area contributed by atoms with Gasteiger partial charge in [0.25, 0.3) is 5.48 Å². The van der Waals surface area contributed by atoms with Gasteiger partial charge in [0.05, 0.1) is 28.9 Å². The second-order valence-corrected chi connectivity index (χ2v) is 8.07. The number of hydrogen-bond acceptors (Lipinski definition) is 2. The van der Waals surface area contributed by atoms with Crippen LogP contribution in [-0.4, -0.2) is 60.6 Å². The summed E-state index contributed by atoms with van der Waals surface area (Å²) < 4.78 is 0.618. The molecule has 132 valence electrons. The molecule has 0 aromatic carbocycles. The third kappa shape index (κ3) is 27.8. The molecular formula is C17H37NO3P+. The molecule has 0 spiro atoms. The fourth-order valence-corrected chi connectivity index (χ4v) is 1.99. The van der Waals surface area contributed by atoms with Crippen molar-refractivity contribution < 1.29 is 19.6 Å². The highest BCUT2D eigenvalue weighted by Crippen LogP contribution is 2.11. The van der Waals surface area contributed by atoms with Gasteiger partial charge in [0, 0.05) is 6.61 Å². The molecule has 0 aromatic rings. The molecule has 0 amide bonds. The SMILES string of the molecule is C=C=C(C)C.CC/[P+]([O-])=C(\O)C[N+](C)(C)C.CCCCCO. The van der Waals surface area contributed by atoms with Gasteiger partial charge in [-0.3, -0.25) is 0 Å². The molecule has 0 bridgehead atoms. The number of aliphatic hydroxyl groups excluding tert-OH is 2. The molecule has 0 fully saturated rings. The van der Waals surface area contributed by atoms with Gasteiger partial charge >= 0.3 is 0 Å². The van der Waals surface area contributed by atoms with Gasteiger partial charge in [0.2, 0.25) is 0 Å². The molecule has 0 saturated carbocycles. The van der Waals surface area contributed by atoms with Gasteiger partial charge < -0.3 is 19.6 Å². The van der Waals surface area contributed by atoms with Crippen LogP contribution in [-0.2, 0) is 0 Å². The summed E-state index contributed by atoms with van der Waals surface area (Å²) in [6.07, 6.45) is 3.86. The average Bonchev–Trinajstić information content (AvgIpc) is 2.43. The van der Waals surface area contributed by atoms with Crippen LogP contribution < -0.4 is 4.89 Å². The lowest BCUT2D eigenvalue weighted by atomic mass is 10.3.